The Morgan fingerprint density at radius 3 is 2.53 bits per heavy atom. The molecule has 8 rings (SSSR count). The van der Waals surface area contributed by atoms with Crippen LogP contribution in [0.25, 0.3) is 11.1 Å². The third-order valence-electron chi connectivity index (χ3n) is 12.0. The van der Waals surface area contributed by atoms with Gasteiger partial charge in [-0.1, -0.05) is 0 Å². The summed E-state index contributed by atoms with van der Waals surface area (Å²) in [6.07, 6.45) is 5.84. The van der Waals surface area contributed by atoms with Crippen molar-refractivity contribution in [1.82, 2.24) is 39.6 Å². The van der Waals surface area contributed by atoms with Gasteiger partial charge in [0, 0.05) is 114 Å². The number of aryl methyl sites for hydroxylation is 2. The van der Waals surface area contributed by atoms with Crippen molar-refractivity contribution in [2.45, 2.75) is 70.6 Å². The van der Waals surface area contributed by atoms with Crippen LogP contribution in [-0.2, 0) is 36.0 Å². The van der Waals surface area contributed by atoms with Gasteiger partial charge in [-0.15, -0.1) is 10.2 Å². The van der Waals surface area contributed by atoms with E-state index in [1.807, 2.05) is 11.0 Å². The minimum atomic E-state index is -2.66. The molecule has 0 bridgehead atoms. The van der Waals surface area contributed by atoms with Crippen LogP contribution in [-0.4, -0.2) is 116 Å². The molecule has 14 nitrogen and oxygen atoms in total. The molecule has 1 amide bonds. The van der Waals surface area contributed by atoms with Crippen LogP contribution in [0.5, 0.6) is 0 Å². The number of benzene rings is 1. The molecule has 0 aliphatic carbocycles. The highest BCUT2D eigenvalue weighted by molar-refractivity contribution is 5.85. The van der Waals surface area contributed by atoms with Crippen molar-refractivity contribution in [2.24, 2.45) is 13.0 Å². The second-order valence-corrected chi connectivity index (χ2v) is 15.3. The van der Waals surface area contributed by atoms with Crippen LogP contribution >= 0.6 is 0 Å². The summed E-state index contributed by atoms with van der Waals surface area (Å²) >= 11 is 0. The lowest BCUT2D eigenvalue weighted by Gasteiger charge is -2.41. The first-order valence-electron chi connectivity index (χ1n) is 19.2. The Kier molecular flexibility index (Phi) is 10.3. The molecule has 2 fully saturated rings. The van der Waals surface area contributed by atoms with Crippen LogP contribution < -0.4 is 9.80 Å². The van der Waals surface area contributed by atoms with Gasteiger partial charge in [0.15, 0.2) is 17.3 Å². The van der Waals surface area contributed by atoms with Crippen LogP contribution in [0.4, 0.5) is 26.1 Å². The van der Waals surface area contributed by atoms with Crippen LogP contribution in [0.2, 0.25) is 0 Å². The molecule has 55 heavy (non-hydrogen) atoms. The summed E-state index contributed by atoms with van der Waals surface area (Å²) in [4.78, 5) is 32.4. The van der Waals surface area contributed by atoms with E-state index < -0.39 is 12.4 Å². The second kappa shape index (κ2) is 15.3. The maximum Gasteiger partial charge on any atom is 0.356 e. The van der Waals surface area contributed by atoms with Crippen LogP contribution in [0.15, 0.2) is 36.7 Å². The number of aromatic carboxylic acids is 1. The minimum absolute atomic E-state index is 0.00390. The number of carbonyl (C=O) groups excluding carboxylic acids is 1. The molecule has 2 atom stereocenters. The number of anilines is 3. The fraction of sp³-hybridized carbons (Fsp3) is 0.538. The van der Waals surface area contributed by atoms with Crippen LogP contribution in [0.1, 0.15) is 77.9 Å². The van der Waals surface area contributed by atoms with Crippen LogP contribution in [0.3, 0.4) is 0 Å². The number of halogens is 2. The van der Waals surface area contributed by atoms with E-state index in [0.29, 0.717) is 55.5 Å². The minimum Gasteiger partial charge on any atom is -0.476 e. The van der Waals surface area contributed by atoms with Gasteiger partial charge in [-0.2, -0.15) is 10.2 Å². The monoisotopic (exact) mass is 758 g/mol. The molecule has 4 aromatic rings. The number of rotatable bonds is 9. The number of likely N-dealkylation sites (tertiary alicyclic amines) is 1. The van der Waals surface area contributed by atoms with E-state index in [1.54, 1.807) is 50.3 Å². The summed E-state index contributed by atoms with van der Waals surface area (Å²) in [6, 6.07) is 6.93. The smallest absolute Gasteiger partial charge is 0.356 e. The number of methoxy groups -OCH3 is 1. The normalized spacial score (nSPS) is 20.9. The number of amides is 1. The fourth-order valence-electron chi connectivity index (χ4n) is 9.01. The van der Waals surface area contributed by atoms with Gasteiger partial charge >= 0.3 is 5.97 Å². The third kappa shape index (κ3) is 7.29. The maximum atomic E-state index is 14.7. The Bertz CT molecular complexity index is 2040. The second-order valence-electron chi connectivity index (χ2n) is 15.3. The van der Waals surface area contributed by atoms with Gasteiger partial charge in [0.1, 0.15) is 0 Å². The molecule has 2 saturated heterocycles. The molecular formula is C39H48F2N10O4. The van der Waals surface area contributed by atoms with E-state index in [-0.39, 0.29) is 29.3 Å². The first-order valence-corrected chi connectivity index (χ1v) is 19.2. The number of carboxylic acid groups (broad SMARTS) is 1. The van der Waals surface area contributed by atoms with Crippen molar-refractivity contribution in [3.05, 3.63) is 64.7 Å². The lowest BCUT2D eigenvalue weighted by atomic mass is 9.92. The molecule has 16 heteroatoms. The molecule has 1 N–H and O–H groups in total. The van der Waals surface area contributed by atoms with Crippen molar-refractivity contribution >= 4 is 29.2 Å². The average Bonchev–Trinajstić information content (AvgIpc) is 3.81. The van der Waals surface area contributed by atoms with Gasteiger partial charge in [0.2, 0.25) is 5.91 Å². The molecule has 292 valence electrons. The predicted molar refractivity (Wildman–Crippen MR) is 201 cm³/mol. The van der Waals surface area contributed by atoms with Gasteiger partial charge in [-0.3, -0.25) is 14.2 Å². The Balaban J connectivity index is 1.00. The maximum absolute atomic E-state index is 14.7. The van der Waals surface area contributed by atoms with Gasteiger partial charge in [0.25, 0.3) is 6.43 Å². The highest BCUT2D eigenvalue weighted by atomic mass is 19.3. The molecule has 0 saturated carbocycles. The number of hydrogen-bond acceptors (Lipinski definition) is 10. The molecule has 1 aromatic carbocycles. The standard InChI is InChI=1S/C39H48F2N10O4/c1-24(52)48-16-11-33-31(22-48)38(50-12-4-5-25-17-29(27-19-42-46(2)20-27)30(37(40)41)18-34(25)50)45-51(33)28-9-13-47(14-10-28)21-26-8-15-49(23-35(26)55-3)36-7-6-32(39(53)54)43-44-36/h6-7,17-20,26,28,35,37H,4-5,8-16,21-23H2,1-3H3,(H,53,54)/t26-,35-/m1/s1. The number of nitrogens with zero attached hydrogens (tertiary/aromatic N) is 10. The van der Waals surface area contributed by atoms with Crippen molar-refractivity contribution in [1.29, 1.82) is 0 Å². The number of carbonyl (C=O) groups is 2. The number of carboxylic acids is 1. The summed E-state index contributed by atoms with van der Waals surface area (Å²) in [5, 5.41) is 26.7. The molecule has 4 aliphatic rings. The Labute approximate surface area is 318 Å². The topological polar surface area (TPSA) is 138 Å². The molecule has 0 unspecified atom stereocenters. The number of hydrogen-bond donors (Lipinski definition) is 1. The van der Waals surface area contributed by atoms with Crippen molar-refractivity contribution in [3.63, 3.8) is 0 Å². The SMILES string of the molecule is CO[C@@H]1CN(c2ccc(C(=O)O)nn2)CC[C@@H]1CN1CCC(n2nc(N3CCCc4cc(-c5cnn(C)c5)c(C(F)F)cc43)c3c2CCN(C(C)=O)C3)CC1. The highest BCUT2D eigenvalue weighted by Crippen LogP contribution is 2.44. The zero-order chi connectivity index (χ0) is 38.4. The molecular weight excluding hydrogens is 710 g/mol. The number of fused-ring (bicyclic) bond motifs is 2. The van der Waals surface area contributed by atoms with Crippen LogP contribution in [0, 0.1) is 5.92 Å². The third-order valence-corrected chi connectivity index (χ3v) is 12.0. The van der Waals surface area contributed by atoms with E-state index in [1.165, 1.54) is 6.07 Å². The van der Waals surface area contributed by atoms with Gasteiger partial charge in [-0.05, 0) is 67.5 Å². The molecule has 0 spiro atoms. The van der Waals surface area contributed by atoms with E-state index in [0.717, 1.165) is 86.6 Å². The Morgan fingerprint density at radius 2 is 1.85 bits per heavy atom. The van der Waals surface area contributed by atoms with E-state index in [4.69, 9.17) is 9.84 Å². The van der Waals surface area contributed by atoms with Gasteiger partial charge in [-0.25, -0.2) is 13.6 Å². The summed E-state index contributed by atoms with van der Waals surface area (Å²) in [5.41, 5.74) is 5.02. The lowest BCUT2D eigenvalue weighted by Crippen LogP contribution is -2.50. The van der Waals surface area contributed by atoms with E-state index >= 15 is 0 Å². The van der Waals surface area contributed by atoms with Gasteiger partial charge < -0.3 is 29.4 Å². The van der Waals surface area contributed by atoms with Crippen molar-refractivity contribution in [2.75, 3.05) is 62.7 Å². The highest BCUT2D eigenvalue weighted by Gasteiger charge is 2.36. The number of ether oxygens (including phenoxy) is 1. The average molecular weight is 759 g/mol. The molecule has 3 aromatic heterocycles. The largest absolute Gasteiger partial charge is 0.476 e. The molecule has 7 heterocycles. The van der Waals surface area contributed by atoms with E-state index in [2.05, 4.69) is 34.7 Å². The van der Waals surface area contributed by atoms with Crippen molar-refractivity contribution in [3.8, 4) is 11.1 Å². The molecule has 0 radical (unpaired) electrons. The number of aromatic nitrogens is 6. The zero-order valence-electron chi connectivity index (χ0n) is 31.6. The number of piperidine rings is 2. The summed E-state index contributed by atoms with van der Waals surface area (Å²) in [6.45, 7) is 7.50. The first kappa shape index (κ1) is 37.0. The first-order chi connectivity index (χ1) is 26.6. The summed E-state index contributed by atoms with van der Waals surface area (Å²) in [5.74, 6) is 0.675. The van der Waals surface area contributed by atoms with Crippen molar-refractivity contribution < 1.29 is 28.2 Å². The quantitative estimate of drug-likeness (QED) is 0.250. The van der Waals surface area contributed by atoms with Gasteiger partial charge in [0.05, 0.1) is 24.9 Å². The fourth-order valence-corrected chi connectivity index (χ4v) is 9.01. The Hall–Kier alpha value is -4.96. The predicted octanol–water partition coefficient (Wildman–Crippen LogP) is 4.88. The summed E-state index contributed by atoms with van der Waals surface area (Å²) < 4.78 is 39.2. The number of alkyl halides is 2. The van der Waals surface area contributed by atoms with E-state index in [9.17, 15) is 23.5 Å². The summed E-state index contributed by atoms with van der Waals surface area (Å²) in [7, 11) is 3.53. The Morgan fingerprint density at radius 1 is 1.04 bits per heavy atom. The zero-order valence-corrected chi connectivity index (χ0v) is 31.6. The molecule has 4 aliphatic heterocycles. The lowest BCUT2D eigenvalue weighted by molar-refractivity contribution is -0.129.